The van der Waals surface area contributed by atoms with Crippen molar-refractivity contribution in [2.75, 3.05) is 26.8 Å². The molecule has 4 aromatic carbocycles. The van der Waals surface area contributed by atoms with Crippen LogP contribution in [0.4, 0.5) is 4.79 Å². The van der Waals surface area contributed by atoms with Crippen molar-refractivity contribution >= 4 is 62.4 Å². The highest BCUT2D eigenvalue weighted by molar-refractivity contribution is 7.90. The minimum absolute atomic E-state index is 0.0640. The van der Waals surface area contributed by atoms with Crippen molar-refractivity contribution in [3.05, 3.63) is 132 Å². The number of allylic oxidation sites excluding steroid dienone is 1. The maximum Gasteiger partial charge on any atom is 0.410 e. The van der Waals surface area contributed by atoms with Crippen molar-refractivity contribution in [2.45, 2.75) is 141 Å². The number of aliphatic carboxylic acids is 1. The van der Waals surface area contributed by atoms with E-state index in [1.165, 1.54) is 18.9 Å². The number of hydrogen-bond acceptors (Lipinski definition) is 13. The molecule has 6 amide bonds. The van der Waals surface area contributed by atoms with Gasteiger partial charge in [-0.05, 0) is 123 Å². The van der Waals surface area contributed by atoms with E-state index in [2.05, 4.69) is 27.3 Å². The van der Waals surface area contributed by atoms with Crippen LogP contribution in [0.2, 0.25) is 0 Å². The molecule has 1 saturated carbocycles. The molecule has 0 spiro atoms. The Kier molecular flexibility index (Phi) is 21.5. The van der Waals surface area contributed by atoms with Gasteiger partial charge in [0.1, 0.15) is 66.6 Å². The van der Waals surface area contributed by atoms with Crippen LogP contribution in [0.25, 0.3) is 10.8 Å². The number of ether oxygens (including phenoxy) is 3. The van der Waals surface area contributed by atoms with E-state index < -0.39 is 104 Å². The first-order valence-corrected chi connectivity index (χ1v) is 29.0. The van der Waals surface area contributed by atoms with E-state index in [4.69, 9.17) is 19.9 Å². The molecule has 2 aliphatic rings. The number of amides is 6. The van der Waals surface area contributed by atoms with Gasteiger partial charge in [-0.15, -0.1) is 0 Å². The fourth-order valence-electron chi connectivity index (χ4n) is 9.24. The second-order valence-electron chi connectivity index (χ2n) is 23.2. The van der Waals surface area contributed by atoms with E-state index >= 15 is 9.59 Å². The molecule has 6 rings (SSSR count). The monoisotopic (exact) mass is 1150 g/mol. The van der Waals surface area contributed by atoms with Crippen molar-refractivity contribution in [2.24, 2.45) is 17.1 Å². The highest BCUT2D eigenvalue weighted by Gasteiger charge is 2.46. The standard InChI is InChI=1S/C61H79N7O13S/c1-10-30-79-45-26-21-40(22-27-45)34-50(55(71)66-82(77,78)47-28-29-47)63-54(70)49(35-41-18-23-43-16-11-12-17-44(43)32-41)64-56(72)51-36-42(15-13-14-31-80-46-24-19-39(20-25-46)33-48(62)58(74)75)37-68(51)57(73)52(60(3,4)5)65-53(69)38(2)67(9)59(76)81-61(6,7)8/h10-14,16-27,32,38,42,47-52H,1,15,28-31,33-37,62H2,2-9H3,(H,63,70)(H,64,72)(H,65,69)(H,66,71)(H,74,75)/t38?,42-,48?,49?,50?,51-,52?/m0/s1. The van der Waals surface area contributed by atoms with Gasteiger partial charge in [-0.2, -0.15) is 0 Å². The number of nitrogens with one attached hydrogen (secondary N) is 4. The molecule has 442 valence electrons. The summed E-state index contributed by atoms with van der Waals surface area (Å²) in [6.07, 6.45) is 5.73. The summed E-state index contributed by atoms with van der Waals surface area (Å²) >= 11 is 0. The number of sulfonamides is 1. The van der Waals surface area contributed by atoms with Crippen molar-refractivity contribution in [3.8, 4) is 11.5 Å². The molecule has 1 aliphatic heterocycles. The molecule has 5 unspecified atom stereocenters. The molecule has 1 heterocycles. The maximum atomic E-state index is 15.2. The van der Waals surface area contributed by atoms with Gasteiger partial charge in [0, 0.05) is 26.4 Å². The smallest absolute Gasteiger partial charge is 0.410 e. The summed E-state index contributed by atoms with van der Waals surface area (Å²) in [7, 11) is -2.64. The molecular weight excluding hydrogens is 1070 g/mol. The Bertz CT molecular complexity index is 3080. The van der Waals surface area contributed by atoms with Crippen LogP contribution in [-0.2, 0) is 62.8 Å². The van der Waals surface area contributed by atoms with Crippen molar-refractivity contribution in [3.63, 3.8) is 0 Å². The largest absolute Gasteiger partial charge is 0.490 e. The first kappa shape index (κ1) is 63.4. The lowest BCUT2D eigenvalue weighted by Gasteiger charge is -2.37. The molecule has 7 atom stereocenters. The quantitative estimate of drug-likeness (QED) is 0.0409. The Morgan fingerprint density at radius 1 is 0.756 bits per heavy atom. The van der Waals surface area contributed by atoms with Crippen LogP contribution in [0, 0.1) is 11.3 Å². The van der Waals surface area contributed by atoms with Crippen LogP contribution in [-0.4, -0.2) is 139 Å². The third-order valence-corrected chi connectivity index (χ3v) is 16.0. The van der Waals surface area contributed by atoms with Gasteiger partial charge in [-0.25, -0.2) is 13.2 Å². The number of rotatable bonds is 26. The van der Waals surface area contributed by atoms with Gasteiger partial charge in [0.25, 0.3) is 5.91 Å². The summed E-state index contributed by atoms with van der Waals surface area (Å²) in [5, 5.41) is 18.8. The molecule has 4 aromatic rings. The van der Waals surface area contributed by atoms with E-state index in [1.807, 2.05) is 48.5 Å². The number of carboxylic acids is 1. The molecule has 0 aromatic heterocycles. The summed E-state index contributed by atoms with van der Waals surface area (Å²) < 4.78 is 45.5. The lowest BCUT2D eigenvalue weighted by molar-refractivity contribution is -0.145. The van der Waals surface area contributed by atoms with Crippen molar-refractivity contribution in [1.82, 2.24) is 30.5 Å². The molecule has 7 N–H and O–H groups in total. The third-order valence-electron chi connectivity index (χ3n) is 14.2. The summed E-state index contributed by atoms with van der Waals surface area (Å²) in [4.78, 5) is 100. The number of nitrogens with two attached hydrogens (primary N) is 1. The summed E-state index contributed by atoms with van der Waals surface area (Å²) in [5.41, 5.74) is 5.86. The van der Waals surface area contributed by atoms with Crippen LogP contribution < -0.4 is 35.9 Å². The normalized spacial score (nSPS) is 17.4. The van der Waals surface area contributed by atoms with Crippen molar-refractivity contribution in [1.29, 1.82) is 0 Å². The average molecular weight is 1150 g/mol. The average Bonchev–Trinajstić information content (AvgIpc) is 4.39. The zero-order chi connectivity index (χ0) is 60.1. The second-order valence-corrected chi connectivity index (χ2v) is 25.1. The summed E-state index contributed by atoms with van der Waals surface area (Å²) in [5.74, 6) is -4.04. The highest BCUT2D eigenvalue weighted by atomic mass is 32.2. The van der Waals surface area contributed by atoms with E-state index in [1.54, 1.807) is 102 Å². The van der Waals surface area contributed by atoms with Crippen molar-refractivity contribution < 1.29 is 61.3 Å². The van der Waals surface area contributed by atoms with E-state index in [9.17, 15) is 37.5 Å². The molecule has 0 radical (unpaired) electrons. The zero-order valence-corrected chi connectivity index (χ0v) is 48.8. The number of carbonyl (C=O) groups is 7. The SMILES string of the molecule is C=CCOc1ccc(CC(NC(=O)C(Cc2ccc3ccccc3c2)NC(=O)[C@@H]2C[C@H](CC=CCOc3ccc(CC(N)C(=O)O)cc3)CN2C(=O)C(NC(=O)C(C)N(C)C(=O)OC(C)(C)C)C(C)(C)C)C(=O)NS(=O)(=O)C2CC2)cc1. The Labute approximate surface area is 480 Å². The lowest BCUT2D eigenvalue weighted by atomic mass is 9.85. The lowest BCUT2D eigenvalue weighted by Crippen LogP contribution is -2.61. The van der Waals surface area contributed by atoms with E-state index in [0.717, 1.165) is 21.2 Å². The van der Waals surface area contributed by atoms with Gasteiger partial charge in [0.2, 0.25) is 33.7 Å². The Hall–Kier alpha value is -7.78. The van der Waals surface area contributed by atoms with Gasteiger partial charge < -0.3 is 45.9 Å². The number of likely N-dealkylation sites (N-methyl/N-ethyl adjacent to an activating group) is 1. The Morgan fingerprint density at radius 2 is 1.33 bits per heavy atom. The molecule has 20 nitrogen and oxygen atoms in total. The minimum atomic E-state index is -4.06. The van der Waals surface area contributed by atoms with Gasteiger partial charge in [-0.1, -0.05) is 112 Å². The Balaban J connectivity index is 1.29. The third kappa shape index (κ3) is 18.4. The minimum Gasteiger partial charge on any atom is -0.490 e. The van der Waals surface area contributed by atoms with Gasteiger partial charge in [0.15, 0.2) is 0 Å². The maximum absolute atomic E-state index is 15.2. The highest BCUT2D eigenvalue weighted by Crippen LogP contribution is 2.32. The van der Waals surface area contributed by atoms with Gasteiger partial charge in [-0.3, -0.25) is 38.4 Å². The van der Waals surface area contributed by atoms with E-state index in [0.29, 0.717) is 41.9 Å². The van der Waals surface area contributed by atoms with Crippen LogP contribution >= 0.6 is 0 Å². The van der Waals surface area contributed by atoms with Crippen LogP contribution in [0.5, 0.6) is 11.5 Å². The fraction of sp³-hybridized carbons (Fsp3) is 0.459. The predicted molar refractivity (Wildman–Crippen MR) is 311 cm³/mol. The second kappa shape index (κ2) is 27.8. The van der Waals surface area contributed by atoms with Gasteiger partial charge in [0.05, 0.1) is 5.25 Å². The molecular formula is C61H79N7O13S. The molecule has 82 heavy (non-hydrogen) atoms. The number of nitrogens with zero attached hydrogens (tertiary/aromatic N) is 2. The first-order valence-electron chi connectivity index (χ1n) is 27.5. The molecule has 1 saturated heterocycles. The van der Waals surface area contributed by atoms with Gasteiger partial charge >= 0.3 is 12.1 Å². The number of carboxylic acid groups (broad SMARTS) is 1. The number of likely N-dealkylation sites (tertiary alicyclic amines) is 1. The molecule has 21 heteroatoms. The zero-order valence-electron chi connectivity index (χ0n) is 48.0. The van der Waals surface area contributed by atoms with Crippen LogP contribution in [0.3, 0.4) is 0 Å². The number of hydrogen-bond donors (Lipinski definition) is 6. The molecule has 0 bridgehead atoms. The molecule has 2 fully saturated rings. The number of fused-ring (bicyclic) bond motifs is 1. The Morgan fingerprint density at radius 3 is 1.91 bits per heavy atom. The van der Waals surface area contributed by atoms with E-state index in [-0.39, 0.29) is 51.4 Å². The summed E-state index contributed by atoms with van der Waals surface area (Å²) in [6, 6.07) is 19.5. The summed E-state index contributed by atoms with van der Waals surface area (Å²) in [6.45, 7) is 16.0. The fourth-order valence-corrected chi connectivity index (χ4v) is 10.6. The van der Waals surface area contributed by atoms with Crippen LogP contribution in [0.1, 0.15) is 90.8 Å². The topological polar surface area (TPSA) is 282 Å². The molecule has 1 aliphatic carbocycles. The van der Waals surface area contributed by atoms with Crippen LogP contribution in [0.15, 0.2) is 116 Å². The number of carbonyl (C=O) groups excluding carboxylic acids is 6. The number of benzene rings is 4. The first-order chi connectivity index (χ1) is 38.6. The predicted octanol–water partition coefficient (Wildman–Crippen LogP) is 5.75.